The third kappa shape index (κ3) is 2.54. The third-order valence-electron chi connectivity index (χ3n) is 2.00. The largest absolute Gasteiger partial charge is 1.00 e. The Labute approximate surface area is 108 Å². The smallest absolute Gasteiger partial charge is 0.478 e. The van der Waals surface area contributed by atoms with Gasteiger partial charge >= 0.3 is 24.8 Å². The van der Waals surface area contributed by atoms with Gasteiger partial charge in [-0.3, -0.25) is 5.21 Å². The molecule has 7 heteroatoms. The fourth-order valence-corrected chi connectivity index (χ4v) is 1.25. The Kier molecular flexibility index (Phi) is 4.05. The van der Waals surface area contributed by atoms with Crippen LogP contribution in [0.3, 0.4) is 0 Å². The molecule has 0 saturated heterocycles. The van der Waals surface area contributed by atoms with Crippen LogP contribution in [-0.4, -0.2) is 21.4 Å². The third-order valence-corrected chi connectivity index (χ3v) is 2.00. The zero-order valence-electron chi connectivity index (χ0n) is 8.95. The predicted molar refractivity (Wildman–Crippen MR) is 52.5 cm³/mol. The normalized spacial score (nSPS) is 9.12. The second kappa shape index (κ2) is 5.31. The van der Waals surface area contributed by atoms with Gasteiger partial charge in [-0.05, 0) is 23.4 Å². The van der Waals surface area contributed by atoms with Gasteiger partial charge in [-0.15, -0.1) is 0 Å². The summed E-state index contributed by atoms with van der Waals surface area (Å²) in [7, 11) is 0. The van der Waals surface area contributed by atoms with Gasteiger partial charge in [0.05, 0.1) is 17.3 Å². The zero-order chi connectivity index (χ0) is 11.5. The van der Waals surface area contributed by atoms with E-state index in [9.17, 15) is 4.79 Å². The van der Waals surface area contributed by atoms with Gasteiger partial charge < -0.3 is 15.3 Å². The molecule has 0 saturated carbocycles. The van der Waals surface area contributed by atoms with Crippen LogP contribution in [0.5, 0.6) is 0 Å². The van der Waals surface area contributed by atoms with Crippen LogP contribution in [0.1, 0.15) is 16.1 Å². The minimum absolute atomic E-state index is 0. The molecule has 78 valence electrons. The fourth-order valence-electron chi connectivity index (χ4n) is 1.25. The second-order valence-electron chi connectivity index (χ2n) is 2.98. The minimum Gasteiger partial charge on any atom is -0.478 e. The molecule has 1 N–H and O–H groups in total. The summed E-state index contributed by atoms with van der Waals surface area (Å²) in [6.07, 6.45) is 0. The predicted octanol–water partition coefficient (Wildman–Crippen LogP) is -2.33. The molecule has 0 aliphatic heterocycles. The Hall–Kier alpha value is -2.08. The number of rotatable bonds is 2. The zero-order valence-corrected chi connectivity index (χ0v) is 8.95. The van der Waals surface area contributed by atoms with Gasteiger partial charge in [-0.2, -0.15) is 5.26 Å². The van der Waals surface area contributed by atoms with E-state index in [0.717, 1.165) is 0 Å². The summed E-state index contributed by atoms with van der Waals surface area (Å²) in [5.74, 6) is -1.18. The first kappa shape index (κ1) is 13.0. The molecule has 0 unspecified atom stereocenters. The molecule has 2 aromatic rings. The summed E-state index contributed by atoms with van der Waals surface area (Å²) < 4.78 is 0. The van der Waals surface area contributed by atoms with Crippen LogP contribution >= 0.6 is 0 Å². The number of benzene rings is 1. The van der Waals surface area contributed by atoms with E-state index in [1.807, 2.05) is 6.07 Å². The van der Waals surface area contributed by atoms with Crippen LogP contribution in [0.4, 0.5) is 0 Å². The number of nitriles is 1. The fraction of sp³-hybridized carbons (Fsp3) is 0. The second-order valence-corrected chi connectivity index (χ2v) is 2.98. The van der Waals surface area contributed by atoms with Crippen LogP contribution in [0.15, 0.2) is 24.3 Å². The van der Waals surface area contributed by atoms with Crippen molar-refractivity contribution in [2.24, 2.45) is 0 Å². The molecule has 17 heavy (non-hydrogen) atoms. The molecule has 0 spiro atoms. The number of aromatic carboxylic acids is 1. The van der Waals surface area contributed by atoms with E-state index < -0.39 is 5.97 Å². The molecule has 0 radical (unpaired) electrons. The number of hydrogen-bond acceptors (Lipinski definition) is 4. The Morgan fingerprint density at radius 2 is 2.00 bits per heavy atom. The van der Waals surface area contributed by atoms with E-state index in [1.54, 1.807) is 24.3 Å². The molecule has 0 atom stereocenters. The molecule has 2 rings (SSSR count). The van der Waals surface area contributed by atoms with Crippen molar-refractivity contribution >= 4 is 5.97 Å². The Morgan fingerprint density at radius 3 is 2.53 bits per heavy atom. The number of aromatic nitrogens is 3. The van der Waals surface area contributed by atoms with Crippen LogP contribution < -0.4 is 24.0 Å². The van der Waals surface area contributed by atoms with E-state index in [2.05, 4.69) is 15.4 Å². The van der Waals surface area contributed by atoms with Crippen molar-refractivity contribution in [1.29, 1.82) is 5.26 Å². The summed E-state index contributed by atoms with van der Waals surface area (Å²) in [5, 5.41) is 27.8. The molecule has 6 nitrogen and oxygen atoms in total. The summed E-state index contributed by atoms with van der Waals surface area (Å²) in [6, 6.07) is 8.34. The monoisotopic (exact) mass is 220 g/mol. The van der Waals surface area contributed by atoms with Gasteiger partial charge in [0.15, 0.2) is 0 Å². The van der Waals surface area contributed by atoms with Gasteiger partial charge in [0.1, 0.15) is 0 Å². The summed E-state index contributed by atoms with van der Waals surface area (Å²) in [6.45, 7) is 0. The van der Waals surface area contributed by atoms with Crippen LogP contribution in [0.25, 0.3) is 11.3 Å². The van der Waals surface area contributed by atoms with Gasteiger partial charge in [-0.25, -0.2) is 4.79 Å². The van der Waals surface area contributed by atoms with E-state index in [-0.39, 0.29) is 30.2 Å². The number of carboxylic acids is 1. The van der Waals surface area contributed by atoms with Crippen LogP contribution in [0.2, 0.25) is 0 Å². The molecule has 0 fully saturated rings. The van der Waals surface area contributed by atoms with E-state index in [1.165, 1.54) is 0 Å². The van der Waals surface area contributed by atoms with Crippen molar-refractivity contribution in [3.05, 3.63) is 35.5 Å². The molecular weight excluding hydrogens is 215 g/mol. The molecule has 1 aromatic carbocycles. The first-order valence-electron chi connectivity index (χ1n) is 4.32. The van der Waals surface area contributed by atoms with Crippen molar-refractivity contribution in [3.8, 4) is 17.3 Å². The molecule has 1 aromatic heterocycles. The maximum atomic E-state index is 10.8. The van der Waals surface area contributed by atoms with Crippen molar-refractivity contribution < 1.29 is 28.8 Å². The van der Waals surface area contributed by atoms with Gasteiger partial charge in [0.25, 0.3) is 0 Å². The van der Waals surface area contributed by atoms with Gasteiger partial charge in [0.2, 0.25) is 0 Å². The Bertz CT molecular complexity index is 571. The molecule has 1 heterocycles. The Morgan fingerprint density at radius 1 is 1.35 bits per heavy atom. The average Bonchev–Trinajstić information content (AvgIpc) is 2.78. The van der Waals surface area contributed by atoms with Gasteiger partial charge in [0, 0.05) is 0 Å². The van der Waals surface area contributed by atoms with Crippen molar-refractivity contribution in [2.75, 3.05) is 0 Å². The van der Waals surface area contributed by atoms with E-state index in [4.69, 9.17) is 10.4 Å². The topological polar surface area (TPSA) is 101 Å². The molecule has 0 amide bonds. The van der Waals surface area contributed by atoms with Crippen LogP contribution in [-0.2, 0) is 0 Å². The summed E-state index contributed by atoms with van der Waals surface area (Å²) in [4.78, 5) is 10.8. The summed E-state index contributed by atoms with van der Waals surface area (Å²) >= 11 is 0. The van der Waals surface area contributed by atoms with E-state index in [0.29, 0.717) is 11.1 Å². The maximum Gasteiger partial charge on any atom is 1.00 e. The molecule has 0 bridgehead atoms. The SMILES string of the molecule is N#Cc1ccc(-c2nn[n-]c2C(=O)O)cc1.[Li+]. The molecule has 0 aliphatic rings. The number of carboxylic acid groups (broad SMARTS) is 1. The molecule has 0 aliphatic carbocycles. The Balaban J connectivity index is 0.00000144. The molecular formula is C10H5LiN4O2. The first-order chi connectivity index (χ1) is 7.72. The van der Waals surface area contributed by atoms with Crippen molar-refractivity contribution in [2.45, 2.75) is 0 Å². The van der Waals surface area contributed by atoms with Gasteiger partial charge in [-0.1, -0.05) is 12.1 Å². The first-order valence-corrected chi connectivity index (χ1v) is 4.32. The minimum atomic E-state index is -1.18. The number of hydrogen-bond donors (Lipinski definition) is 1. The standard InChI is InChI=1S/C10H6N4O2.Li/c11-5-6-1-3-7(4-2-6)8-9(10(15)16)13-14-12-8;/h1-4H,(H2,12,13,14,15,16);/q;+1/p-1. The van der Waals surface area contributed by atoms with Crippen molar-refractivity contribution in [1.82, 2.24) is 15.4 Å². The van der Waals surface area contributed by atoms with Crippen LogP contribution in [0, 0.1) is 11.3 Å². The van der Waals surface area contributed by atoms with E-state index >= 15 is 0 Å². The summed E-state index contributed by atoms with van der Waals surface area (Å²) in [5.41, 5.74) is 1.08. The number of carbonyl (C=O) groups is 1. The average molecular weight is 220 g/mol. The quantitative estimate of drug-likeness (QED) is 0.570. The maximum absolute atomic E-state index is 10.8. The number of nitrogens with zero attached hydrogens (tertiary/aromatic N) is 4. The van der Waals surface area contributed by atoms with Crippen molar-refractivity contribution in [3.63, 3.8) is 0 Å².